The molecule has 0 atom stereocenters. The van der Waals surface area contributed by atoms with E-state index in [0.29, 0.717) is 17.9 Å². The molecular formula is C10H10N4O2. The van der Waals surface area contributed by atoms with Crippen LogP contribution in [0.5, 0.6) is 0 Å². The van der Waals surface area contributed by atoms with Gasteiger partial charge in [-0.25, -0.2) is 4.79 Å². The fourth-order valence-corrected chi connectivity index (χ4v) is 1.33. The Morgan fingerprint density at radius 2 is 2.25 bits per heavy atom. The molecule has 2 aromatic rings. The van der Waals surface area contributed by atoms with Crippen molar-refractivity contribution in [1.82, 2.24) is 20.2 Å². The first-order valence-electron chi connectivity index (χ1n) is 4.82. The molecular weight excluding hydrogens is 208 g/mol. The Hall–Kier alpha value is -2.24. The van der Waals surface area contributed by atoms with Crippen LogP contribution < -0.4 is 0 Å². The van der Waals surface area contributed by atoms with E-state index >= 15 is 0 Å². The number of carbonyl (C=O) groups excluding carboxylic acids is 1. The maximum atomic E-state index is 11.7. The minimum atomic E-state index is -0.381. The van der Waals surface area contributed by atoms with Gasteiger partial charge in [-0.2, -0.15) is 4.68 Å². The molecule has 1 heterocycles. The third-order valence-electron chi connectivity index (χ3n) is 2.00. The van der Waals surface area contributed by atoms with E-state index in [2.05, 4.69) is 15.5 Å². The van der Waals surface area contributed by atoms with E-state index in [-0.39, 0.29) is 5.97 Å². The number of rotatable bonds is 3. The van der Waals surface area contributed by atoms with Crippen LogP contribution >= 0.6 is 0 Å². The van der Waals surface area contributed by atoms with Crippen LogP contribution in [-0.2, 0) is 4.74 Å². The lowest BCUT2D eigenvalue weighted by Gasteiger charge is -2.06. The molecule has 0 N–H and O–H groups in total. The van der Waals surface area contributed by atoms with Crippen LogP contribution in [0.4, 0.5) is 0 Å². The smallest absolute Gasteiger partial charge is 0.340 e. The van der Waals surface area contributed by atoms with E-state index in [1.165, 1.54) is 11.0 Å². The van der Waals surface area contributed by atoms with Gasteiger partial charge in [0.05, 0.1) is 17.9 Å². The average molecular weight is 218 g/mol. The summed E-state index contributed by atoms with van der Waals surface area (Å²) in [6.07, 6.45) is 1.43. The predicted octanol–water partition coefficient (Wildman–Crippen LogP) is 0.839. The van der Waals surface area contributed by atoms with Crippen molar-refractivity contribution in [3.63, 3.8) is 0 Å². The lowest BCUT2D eigenvalue weighted by atomic mass is 10.2. The van der Waals surface area contributed by atoms with Crippen molar-refractivity contribution < 1.29 is 9.53 Å². The summed E-state index contributed by atoms with van der Waals surface area (Å²) >= 11 is 0. The van der Waals surface area contributed by atoms with Gasteiger partial charge in [0, 0.05) is 0 Å². The van der Waals surface area contributed by atoms with Gasteiger partial charge in [0.15, 0.2) is 0 Å². The van der Waals surface area contributed by atoms with Gasteiger partial charge in [-0.05, 0) is 29.5 Å². The first-order chi connectivity index (χ1) is 7.83. The Bertz CT molecular complexity index is 481. The van der Waals surface area contributed by atoms with Crippen LogP contribution in [0.2, 0.25) is 0 Å². The van der Waals surface area contributed by atoms with Gasteiger partial charge in [0.25, 0.3) is 0 Å². The molecule has 1 aromatic carbocycles. The van der Waals surface area contributed by atoms with Gasteiger partial charge in [0.2, 0.25) is 0 Å². The highest BCUT2D eigenvalue weighted by Crippen LogP contribution is 2.13. The van der Waals surface area contributed by atoms with E-state index in [9.17, 15) is 4.79 Å². The van der Waals surface area contributed by atoms with E-state index in [1.807, 2.05) is 0 Å². The highest BCUT2D eigenvalue weighted by molar-refractivity contribution is 5.93. The molecule has 6 heteroatoms. The number of benzene rings is 1. The second kappa shape index (κ2) is 4.52. The number of nitrogens with zero attached hydrogens (tertiary/aromatic N) is 4. The van der Waals surface area contributed by atoms with Crippen molar-refractivity contribution in [2.24, 2.45) is 0 Å². The standard InChI is InChI=1S/C10H10N4O2/c1-2-16-10(15)8-5-3-4-6-9(8)14-7-11-12-13-14/h3-7H,2H2,1H3. The van der Waals surface area contributed by atoms with Crippen molar-refractivity contribution in [3.05, 3.63) is 36.2 Å². The van der Waals surface area contributed by atoms with Gasteiger partial charge in [-0.3, -0.25) is 0 Å². The number of ether oxygens (including phenoxy) is 1. The molecule has 16 heavy (non-hydrogen) atoms. The number of aromatic nitrogens is 4. The monoisotopic (exact) mass is 218 g/mol. The molecule has 0 radical (unpaired) electrons. The summed E-state index contributed by atoms with van der Waals surface area (Å²) < 4.78 is 6.37. The maximum Gasteiger partial charge on any atom is 0.340 e. The predicted molar refractivity (Wildman–Crippen MR) is 55.1 cm³/mol. The minimum Gasteiger partial charge on any atom is -0.462 e. The Morgan fingerprint density at radius 1 is 1.44 bits per heavy atom. The van der Waals surface area contributed by atoms with Crippen LogP contribution in [0.3, 0.4) is 0 Å². The van der Waals surface area contributed by atoms with Gasteiger partial charge < -0.3 is 4.74 Å². The summed E-state index contributed by atoms with van der Waals surface area (Å²) in [5, 5.41) is 10.8. The lowest BCUT2D eigenvalue weighted by molar-refractivity contribution is 0.0526. The molecule has 0 fully saturated rings. The highest BCUT2D eigenvalue weighted by atomic mass is 16.5. The summed E-state index contributed by atoms with van der Waals surface area (Å²) in [5.74, 6) is -0.381. The summed E-state index contributed by atoms with van der Waals surface area (Å²) in [6.45, 7) is 2.10. The number of carbonyl (C=O) groups is 1. The van der Waals surface area contributed by atoms with Crippen molar-refractivity contribution >= 4 is 5.97 Å². The molecule has 0 aliphatic carbocycles. The molecule has 0 aliphatic rings. The molecule has 0 spiro atoms. The van der Waals surface area contributed by atoms with Gasteiger partial charge >= 0.3 is 5.97 Å². The van der Waals surface area contributed by atoms with Crippen LogP contribution in [-0.4, -0.2) is 32.8 Å². The number of tetrazole rings is 1. The topological polar surface area (TPSA) is 69.9 Å². The van der Waals surface area contributed by atoms with Gasteiger partial charge in [-0.1, -0.05) is 12.1 Å². The summed E-state index contributed by atoms with van der Waals surface area (Å²) in [6, 6.07) is 7.00. The first-order valence-corrected chi connectivity index (χ1v) is 4.82. The molecule has 2 rings (SSSR count). The summed E-state index contributed by atoms with van der Waals surface area (Å²) in [4.78, 5) is 11.7. The van der Waals surface area contributed by atoms with E-state index < -0.39 is 0 Å². The maximum absolute atomic E-state index is 11.7. The van der Waals surface area contributed by atoms with Crippen LogP contribution in [0.15, 0.2) is 30.6 Å². The van der Waals surface area contributed by atoms with E-state index in [0.717, 1.165) is 0 Å². The normalized spacial score (nSPS) is 10.1. The molecule has 0 saturated carbocycles. The molecule has 6 nitrogen and oxygen atoms in total. The molecule has 0 unspecified atom stereocenters. The molecule has 0 bridgehead atoms. The van der Waals surface area contributed by atoms with E-state index in [4.69, 9.17) is 4.74 Å². The molecule has 0 aliphatic heterocycles. The van der Waals surface area contributed by atoms with Crippen molar-refractivity contribution in [1.29, 1.82) is 0 Å². The Morgan fingerprint density at radius 3 is 2.94 bits per heavy atom. The summed E-state index contributed by atoms with van der Waals surface area (Å²) in [7, 11) is 0. The van der Waals surface area contributed by atoms with E-state index in [1.54, 1.807) is 31.2 Å². The second-order valence-corrected chi connectivity index (χ2v) is 2.99. The zero-order chi connectivity index (χ0) is 11.4. The molecule has 1 aromatic heterocycles. The quantitative estimate of drug-likeness (QED) is 0.714. The van der Waals surface area contributed by atoms with Gasteiger partial charge in [-0.15, -0.1) is 5.10 Å². The Balaban J connectivity index is 2.42. The van der Waals surface area contributed by atoms with Crippen LogP contribution in [0.1, 0.15) is 17.3 Å². The average Bonchev–Trinajstić information content (AvgIpc) is 2.83. The van der Waals surface area contributed by atoms with Crippen molar-refractivity contribution in [3.8, 4) is 5.69 Å². The van der Waals surface area contributed by atoms with Crippen LogP contribution in [0, 0.1) is 0 Å². The molecule has 0 saturated heterocycles. The Labute approximate surface area is 91.8 Å². The number of hydrogen-bond acceptors (Lipinski definition) is 5. The highest BCUT2D eigenvalue weighted by Gasteiger charge is 2.13. The van der Waals surface area contributed by atoms with Crippen molar-refractivity contribution in [2.75, 3.05) is 6.61 Å². The molecule has 82 valence electrons. The summed E-state index contributed by atoms with van der Waals surface area (Å²) in [5.41, 5.74) is 1.04. The third-order valence-corrected chi connectivity index (χ3v) is 2.00. The zero-order valence-corrected chi connectivity index (χ0v) is 8.70. The largest absolute Gasteiger partial charge is 0.462 e. The zero-order valence-electron chi connectivity index (χ0n) is 8.70. The Kier molecular flexibility index (Phi) is 2.90. The molecule has 0 amide bonds. The van der Waals surface area contributed by atoms with Crippen LogP contribution in [0.25, 0.3) is 5.69 Å². The second-order valence-electron chi connectivity index (χ2n) is 2.99. The SMILES string of the molecule is CCOC(=O)c1ccccc1-n1cnnn1. The minimum absolute atomic E-state index is 0.336. The first kappa shape index (κ1) is 10.3. The number of hydrogen-bond donors (Lipinski definition) is 0. The van der Waals surface area contributed by atoms with Crippen molar-refractivity contribution in [2.45, 2.75) is 6.92 Å². The third kappa shape index (κ3) is 1.90. The lowest BCUT2D eigenvalue weighted by Crippen LogP contribution is -2.09. The number of para-hydroxylation sites is 1. The van der Waals surface area contributed by atoms with Gasteiger partial charge in [0.1, 0.15) is 6.33 Å². The number of esters is 1. The fraction of sp³-hybridized carbons (Fsp3) is 0.200. The fourth-order valence-electron chi connectivity index (χ4n) is 1.33.